The van der Waals surface area contributed by atoms with Crippen LogP contribution in [0.5, 0.6) is 5.75 Å². The molecule has 8 heteroatoms. The van der Waals surface area contributed by atoms with Crippen LogP contribution in [0.1, 0.15) is 29.2 Å². The minimum Gasteiger partial charge on any atom is -0.484 e. The lowest BCUT2D eigenvalue weighted by molar-refractivity contribution is -0.118. The summed E-state index contributed by atoms with van der Waals surface area (Å²) in [5, 5.41) is 9.80. The molecule has 0 unspecified atom stereocenters. The van der Waals surface area contributed by atoms with Crippen molar-refractivity contribution in [3.8, 4) is 5.75 Å². The van der Waals surface area contributed by atoms with E-state index in [0.29, 0.717) is 11.7 Å². The van der Waals surface area contributed by atoms with Crippen LogP contribution in [0, 0.1) is 13.8 Å². The number of carbonyl (C=O) groups excluding carboxylic acids is 2. The van der Waals surface area contributed by atoms with E-state index in [1.807, 2.05) is 50.2 Å². The van der Waals surface area contributed by atoms with E-state index >= 15 is 0 Å². The standard InChI is InChI=1S/C21H21N5O3/c1-13-5-3-6-14(2)20(13)24-19(28)11-29-16-8-4-7-15(9-16)17-10-18(27)25-21-22-12-23-26(17)21/h3-9,12,17H,10-11H2,1-2H3,(H,24,28)(H,22,23,25,27)/t17-/m0/s1. The molecule has 148 valence electrons. The van der Waals surface area contributed by atoms with Gasteiger partial charge < -0.3 is 10.1 Å². The zero-order valence-electron chi connectivity index (χ0n) is 16.2. The van der Waals surface area contributed by atoms with Crippen LogP contribution >= 0.6 is 0 Å². The highest BCUT2D eigenvalue weighted by Gasteiger charge is 2.27. The van der Waals surface area contributed by atoms with Crippen molar-refractivity contribution >= 4 is 23.5 Å². The Kier molecular flexibility index (Phi) is 4.99. The van der Waals surface area contributed by atoms with Gasteiger partial charge in [0.05, 0.1) is 12.5 Å². The first-order valence-electron chi connectivity index (χ1n) is 9.29. The third-order valence-electron chi connectivity index (χ3n) is 4.86. The zero-order valence-corrected chi connectivity index (χ0v) is 16.2. The average molecular weight is 391 g/mol. The van der Waals surface area contributed by atoms with Crippen LogP contribution < -0.4 is 15.4 Å². The maximum atomic E-state index is 12.3. The summed E-state index contributed by atoms with van der Waals surface area (Å²) >= 11 is 0. The Balaban J connectivity index is 1.45. The molecule has 0 radical (unpaired) electrons. The number of hydrogen-bond acceptors (Lipinski definition) is 5. The van der Waals surface area contributed by atoms with Crippen LogP contribution in [-0.4, -0.2) is 33.2 Å². The molecule has 1 aliphatic rings. The van der Waals surface area contributed by atoms with E-state index in [2.05, 4.69) is 20.7 Å². The number of benzene rings is 2. The highest BCUT2D eigenvalue weighted by molar-refractivity contribution is 5.93. The van der Waals surface area contributed by atoms with Gasteiger partial charge in [0.2, 0.25) is 11.9 Å². The van der Waals surface area contributed by atoms with E-state index in [9.17, 15) is 9.59 Å². The third kappa shape index (κ3) is 3.96. The number of rotatable bonds is 5. The van der Waals surface area contributed by atoms with Gasteiger partial charge in [0, 0.05) is 5.69 Å². The van der Waals surface area contributed by atoms with Gasteiger partial charge in [-0.2, -0.15) is 10.1 Å². The summed E-state index contributed by atoms with van der Waals surface area (Å²) in [6.07, 6.45) is 1.67. The van der Waals surface area contributed by atoms with E-state index < -0.39 is 0 Å². The number of hydrogen-bond donors (Lipinski definition) is 2. The van der Waals surface area contributed by atoms with Crippen molar-refractivity contribution in [1.29, 1.82) is 0 Å². The molecule has 0 bridgehead atoms. The number of para-hydroxylation sites is 1. The second-order valence-corrected chi connectivity index (χ2v) is 6.97. The Bertz CT molecular complexity index is 1060. The lowest BCUT2D eigenvalue weighted by Gasteiger charge is -2.24. The number of carbonyl (C=O) groups is 2. The molecule has 8 nitrogen and oxygen atoms in total. The predicted octanol–water partition coefficient (Wildman–Crippen LogP) is 2.84. The molecule has 2 amide bonds. The fraction of sp³-hybridized carbons (Fsp3) is 0.238. The molecule has 0 saturated heterocycles. The fourth-order valence-corrected chi connectivity index (χ4v) is 3.41. The summed E-state index contributed by atoms with van der Waals surface area (Å²) in [4.78, 5) is 28.4. The molecule has 0 spiro atoms. The summed E-state index contributed by atoms with van der Waals surface area (Å²) in [5.41, 5.74) is 3.67. The number of fused-ring (bicyclic) bond motifs is 1. The lowest BCUT2D eigenvalue weighted by atomic mass is 10.0. The van der Waals surface area contributed by atoms with Gasteiger partial charge in [-0.05, 0) is 42.7 Å². The third-order valence-corrected chi connectivity index (χ3v) is 4.86. The quantitative estimate of drug-likeness (QED) is 0.697. The van der Waals surface area contributed by atoms with Gasteiger partial charge in [-0.15, -0.1) is 0 Å². The highest BCUT2D eigenvalue weighted by atomic mass is 16.5. The molecule has 2 aromatic carbocycles. The Morgan fingerprint density at radius 2 is 2.00 bits per heavy atom. The van der Waals surface area contributed by atoms with Gasteiger partial charge in [-0.3, -0.25) is 14.9 Å². The highest BCUT2D eigenvalue weighted by Crippen LogP contribution is 2.30. The second-order valence-electron chi connectivity index (χ2n) is 6.97. The van der Waals surface area contributed by atoms with E-state index in [0.717, 1.165) is 22.4 Å². The number of ether oxygens (including phenoxy) is 1. The number of anilines is 2. The second kappa shape index (κ2) is 7.75. The molecule has 2 heterocycles. The van der Waals surface area contributed by atoms with E-state index in [1.165, 1.54) is 6.33 Å². The van der Waals surface area contributed by atoms with E-state index in [-0.39, 0.29) is 30.9 Å². The topological polar surface area (TPSA) is 98.1 Å². The molecule has 0 fully saturated rings. The number of nitrogens with one attached hydrogen (secondary N) is 2. The fourth-order valence-electron chi connectivity index (χ4n) is 3.41. The van der Waals surface area contributed by atoms with Gasteiger partial charge in [0.1, 0.15) is 12.1 Å². The Morgan fingerprint density at radius 1 is 1.24 bits per heavy atom. The summed E-state index contributed by atoms with van der Waals surface area (Å²) in [7, 11) is 0. The summed E-state index contributed by atoms with van der Waals surface area (Å²) in [5.74, 6) is 0.621. The van der Waals surface area contributed by atoms with Crippen molar-refractivity contribution in [3.05, 3.63) is 65.5 Å². The molecule has 1 aromatic heterocycles. The van der Waals surface area contributed by atoms with Crippen LogP contribution in [0.25, 0.3) is 0 Å². The van der Waals surface area contributed by atoms with Gasteiger partial charge in [-0.1, -0.05) is 30.3 Å². The van der Waals surface area contributed by atoms with E-state index in [1.54, 1.807) is 10.7 Å². The molecule has 2 N–H and O–H groups in total. The first-order chi connectivity index (χ1) is 14.0. The lowest BCUT2D eigenvalue weighted by Crippen LogP contribution is -2.29. The van der Waals surface area contributed by atoms with Crippen molar-refractivity contribution in [2.24, 2.45) is 0 Å². The van der Waals surface area contributed by atoms with Crippen LogP contribution in [0.2, 0.25) is 0 Å². The van der Waals surface area contributed by atoms with Gasteiger partial charge in [0.25, 0.3) is 5.91 Å². The summed E-state index contributed by atoms with van der Waals surface area (Å²) < 4.78 is 7.36. The zero-order chi connectivity index (χ0) is 20.4. The van der Waals surface area contributed by atoms with Crippen molar-refractivity contribution in [1.82, 2.24) is 14.8 Å². The molecular formula is C21H21N5O3. The van der Waals surface area contributed by atoms with Gasteiger partial charge in [-0.25, -0.2) is 4.68 Å². The first-order valence-corrected chi connectivity index (χ1v) is 9.29. The van der Waals surface area contributed by atoms with Crippen molar-refractivity contribution in [2.75, 3.05) is 17.2 Å². The molecule has 0 aliphatic carbocycles. The van der Waals surface area contributed by atoms with Crippen molar-refractivity contribution < 1.29 is 14.3 Å². The minimum absolute atomic E-state index is 0.114. The molecule has 0 saturated carbocycles. The largest absolute Gasteiger partial charge is 0.484 e. The Morgan fingerprint density at radius 3 is 2.79 bits per heavy atom. The number of amides is 2. The normalized spacial score (nSPS) is 15.4. The summed E-state index contributed by atoms with van der Waals surface area (Å²) in [6, 6.07) is 12.9. The molecule has 3 aromatic rings. The van der Waals surface area contributed by atoms with Crippen LogP contribution in [0.4, 0.5) is 11.6 Å². The maximum absolute atomic E-state index is 12.3. The minimum atomic E-state index is -0.270. The monoisotopic (exact) mass is 391 g/mol. The molecule has 4 rings (SSSR count). The number of aromatic nitrogens is 3. The van der Waals surface area contributed by atoms with Crippen molar-refractivity contribution in [3.63, 3.8) is 0 Å². The van der Waals surface area contributed by atoms with Crippen LogP contribution in [-0.2, 0) is 9.59 Å². The number of aryl methyl sites for hydroxylation is 2. The van der Waals surface area contributed by atoms with Crippen molar-refractivity contribution in [2.45, 2.75) is 26.3 Å². The number of nitrogens with zero attached hydrogens (tertiary/aromatic N) is 3. The van der Waals surface area contributed by atoms with E-state index in [4.69, 9.17) is 4.74 Å². The van der Waals surface area contributed by atoms with Gasteiger partial charge >= 0.3 is 0 Å². The Labute approximate surface area is 167 Å². The van der Waals surface area contributed by atoms with Gasteiger partial charge in [0.15, 0.2) is 6.61 Å². The molecule has 29 heavy (non-hydrogen) atoms. The predicted molar refractivity (Wildman–Crippen MR) is 108 cm³/mol. The molecular weight excluding hydrogens is 370 g/mol. The SMILES string of the molecule is Cc1cccc(C)c1NC(=O)COc1cccc([C@@H]2CC(=O)Nc3ncnn32)c1. The average Bonchev–Trinajstić information content (AvgIpc) is 3.17. The summed E-state index contributed by atoms with van der Waals surface area (Å²) in [6.45, 7) is 3.79. The maximum Gasteiger partial charge on any atom is 0.262 e. The Hall–Kier alpha value is -3.68. The van der Waals surface area contributed by atoms with Crippen LogP contribution in [0.3, 0.4) is 0 Å². The first kappa shape index (κ1) is 18.7. The molecule has 1 atom stereocenters. The van der Waals surface area contributed by atoms with Crippen LogP contribution in [0.15, 0.2) is 48.8 Å². The smallest absolute Gasteiger partial charge is 0.262 e. The molecule has 1 aliphatic heterocycles.